The first-order valence-corrected chi connectivity index (χ1v) is 13.1. The van der Waals surface area contributed by atoms with E-state index < -0.39 is 0 Å². The SMILES string of the molecule is C[C@@H](Cc1ccc(OCC2CCCOC2c2n[nH]cc2N)cc1)c1cc(Cl)c(OCCCl)c(Cl)c1. The standard InChI is InChI=1S/C26H30Cl3N3O3/c1-16(19-12-21(28)26(22(29)13-19)34-10-8-27)11-17-4-6-20(7-5-17)35-15-18-3-2-9-33-25(18)24-23(30)14-31-32-24/h4-7,12-14,16,18,25H,2-3,8-11,15,30H2,1H3,(H,31,32)/t16-,18?,25?/m0/s1. The number of H-pyrrole nitrogens is 1. The number of nitrogens with zero attached hydrogens (tertiary/aromatic N) is 1. The van der Waals surface area contributed by atoms with Gasteiger partial charge in [-0.1, -0.05) is 42.3 Å². The fourth-order valence-corrected chi connectivity index (χ4v) is 5.08. The number of halogens is 3. The molecule has 35 heavy (non-hydrogen) atoms. The summed E-state index contributed by atoms with van der Waals surface area (Å²) in [6, 6.07) is 12.0. The molecule has 1 aliphatic heterocycles. The molecule has 0 radical (unpaired) electrons. The Balaban J connectivity index is 1.34. The highest BCUT2D eigenvalue weighted by Crippen LogP contribution is 2.38. The Labute approximate surface area is 221 Å². The van der Waals surface area contributed by atoms with E-state index in [2.05, 4.69) is 29.3 Å². The van der Waals surface area contributed by atoms with Crippen molar-refractivity contribution in [3.05, 3.63) is 69.5 Å². The first-order chi connectivity index (χ1) is 17.0. The second-order valence-corrected chi connectivity index (χ2v) is 10.0. The maximum atomic E-state index is 6.40. The third kappa shape index (κ3) is 6.56. The van der Waals surface area contributed by atoms with E-state index >= 15 is 0 Å². The molecule has 0 amide bonds. The largest absolute Gasteiger partial charge is 0.493 e. The molecule has 1 fully saturated rings. The number of ether oxygens (including phenoxy) is 3. The molecule has 0 aliphatic carbocycles. The number of rotatable bonds is 10. The molecular formula is C26H30Cl3N3O3. The molecule has 1 saturated heterocycles. The van der Waals surface area contributed by atoms with Gasteiger partial charge in [0, 0.05) is 18.7 Å². The lowest BCUT2D eigenvalue weighted by molar-refractivity contribution is -0.0441. The number of hydrogen-bond acceptors (Lipinski definition) is 5. The number of nitrogens with two attached hydrogens (primary N) is 1. The first kappa shape index (κ1) is 26.0. The summed E-state index contributed by atoms with van der Waals surface area (Å²) < 4.78 is 17.6. The van der Waals surface area contributed by atoms with Gasteiger partial charge < -0.3 is 19.9 Å². The molecule has 6 nitrogen and oxygen atoms in total. The van der Waals surface area contributed by atoms with Gasteiger partial charge in [-0.15, -0.1) is 11.6 Å². The lowest BCUT2D eigenvalue weighted by Crippen LogP contribution is -2.28. The average molecular weight is 539 g/mol. The van der Waals surface area contributed by atoms with Gasteiger partial charge in [-0.05, 0) is 60.6 Å². The van der Waals surface area contributed by atoms with Gasteiger partial charge in [-0.25, -0.2) is 0 Å². The van der Waals surface area contributed by atoms with E-state index in [9.17, 15) is 0 Å². The quantitative estimate of drug-likeness (QED) is 0.277. The Morgan fingerprint density at radius 1 is 1.17 bits per heavy atom. The maximum Gasteiger partial charge on any atom is 0.156 e. The van der Waals surface area contributed by atoms with Gasteiger partial charge in [-0.3, -0.25) is 5.10 Å². The molecule has 9 heteroatoms. The van der Waals surface area contributed by atoms with E-state index in [0.29, 0.717) is 47.2 Å². The van der Waals surface area contributed by atoms with Crippen LogP contribution in [0.5, 0.6) is 11.5 Å². The minimum Gasteiger partial charge on any atom is -0.493 e. The zero-order valence-corrected chi connectivity index (χ0v) is 21.9. The molecule has 188 valence electrons. The Morgan fingerprint density at radius 3 is 2.57 bits per heavy atom. The van der Waals surface area contributed by atoms with Crippen LogP contribution < -0.4 is 15.2 Å². The third-order valence-corrected chi connectivity index (χ3v) is 6.97. The summed E-state index contributed by atoms with van der Waals surface area (Å²) in [6.45, 7) is 3.76. The topological polar surface area (TPSA) is 82.4 Å². The number of aromatic nitrogens is 2. The van der Waals surface area contributed by atoms with Crippen molar-refractivity contribution >= 4 is 40.5 Å². The van der Waals surface area contributed by atoms with Crippen molar-refractivity contribution < 1.29 is 14.2 Å². The zero-order valence-electron chi connectivity index (χ0n) is 19.6. The maximum absolute atomic E-state index is 6.40. The predicted molar refractivity (Wildman–Crippen MR) is 141 cm³/mol. The average Bonchev–Trinajstić information content (AvgIpc) is 3.28. The van der Waals surface area contributed by atoms with Crippen LogP contribution in [-0.4, -0.2) is 35.9 Å². The minimum atomic E-state index is -0.152. The molecule has 4 rings (SSSR count). The van der Waals surface area contributed by atoms with Crippen molar-refractivity contribution in [2.24, 2.45) is 5.92 Å². The normalized spacial score (nSPS) is 18.9. The van der Waals surface area contributed by atoms with Crippen LogP contribution in [-0.2, 0) is 11.2 Å². The van der Waals surface area contributed by atoms with Crippen molar-refractivity contribution in [1.82, 2.24) is 10.2 Å². The summed E-state index contributed by atoms with van der Waals surface area (Å²) >= 11 is 18.5. The molecule has 1 aromatic heterocycles. The Morgan fingerprint density at radius 2 is 1.91 bits per heavy atom. The van der Waals surface area contributed by atoms with Gasteiger partial charge >= 0.3 is 0 Å². The smallest absolute Gasteiger partial charge is 0.156 e. The Bertz CT molecular complexity index is 1080. The van der Waals surface area contributed by atoms with Gasteiger partial charge in [0.1, 0.15) is 24.2 Å². The fourth-order valence-electron chi connectivity index (χ4n) is 4.39. The minimum absolute atomic E-state index is 0.152. The van der Waals surface area contributed by atoms with E-state index in [1.54, 1.807) is 6.20 Å². The molecule has 2 unspecified atom stereocenters. The molecule has 3 aromatic rings. The molecule has 0 spiro atoms. The number of benzene rings is 2. The van der Waals surface area contributed by atoms with Crippen LogP contribution in [0.1, 0.15) is 48.6 Å². The molecule has 2 aromatic carbocycles. The first-order valence-electron chi connectivity index (χ1n) is 11.8. The van der Waals surface area contributed by atoms with E-state index in [1.807, 2.05) is 24.3 Å². The number of hydrogen-bond donors (Lipinski definition) is 2. The van der Waals surface area contributed by atoms with Gasteiger partial charge in [-0.2, -0.15) is 5.10 Å². The van der Waals surface area contributed by atoms with Gasteiger partial charge in [0.05, 0.1) is 28.2 Å². The molecule has 2 heterocycles. The number of anilines is 1. The molecular weight excluding hydrogens is 509 g/mol. The van der Waals surface area contributed by atoms with E-state index in [1.165, 1.54) is 5.56 Å². The predicted octanol–water partition coefficient (Wildman–Crippen LogP) is 6.81. The summed E-state index contributed by atoms with van der Waals surface area (Å²) in [4.78, 5) is 0. The van der Waals surface area contributed by atoms with Crippen LogP contribution in [0.4, 0.5) is 5.69 Å². The van der Waals surface area contributed by atoms with E-state index in [0.717, 1.165) is 36.3 Å². The third-order valence-electron chi connectivity index (χ3n) is 6.26. The van der Waals surface area contributed by atoms with E-state index in [4.69, 9.17) is 54.7 Å². The van der Waals surface area contributed by atoms with Crippen LogP contribution in [0.2, 0.25) is 10.0 Å². The summed E-state index contributed by atoms with van der Waals surface area (Å²) in [6.07, 6.45) is 4.38. The second-order valence-electron chi connectivity index (χ2n) is 8.83. The van der Waals surface area contributed by atoms with Gasteiger partial charge in [0.25, 0.3) is 0 Å². The number of alkyl halides is 1. The highest BCUT2D eigenvalue weighted by atomic mass is 35.5. The molecule has 1 aliphatic rings. The van der Waals surface area contributed by atoms with Gasteiger partial charge in [0.15, 0.2) is 5.75 Å². The number of aromatic amines is 1. The van der Waals surface area contributed by atoms with Crippen LogP contribution in [0.25, 0.3) is 0 Å². The molecule has 0 saturated carbocycles. The highest BCUT2D eigenvalue weighted by molar-refractivity contribution is 6.37. The van der Waals surface area contributed by atoms with Gasteiger partial charge in [0.2, 0.25) is 0 Å². The highest BCUT2D eigenvalue weighted by Gasteiger charge is 2.31. The lowest BCUT2D eigenvalue weighted by atomic mass is 9.92. The van der Waals surface area contributed by atoms with Crippen LogP contribution >= 0.6 is 34.8 Å². The lowest BCUT2D eigenvalue weighted by Gasteiger charge is -2.30. The second kappa shape index (κ2) is 12.2. The monoisotopic (exact) mass is 537 g/mol. The Hall–Kier alpha value is -2.12. The Kier molecular flexibility index (Phi) is 9.06. The summed E-state index contributed by atoms with van der Waals surface area (Å²) in [5, 5.41) is 8.09. The zero-order chi connectivity index (χ0) is 24.8. The fraction of sp³-hybridized carbons (Fsp3) is 0.423. The summed E-state index contributed by atoms with van der Waals surface area (Å²) in [7, 11) is 0. The summed E-state index contributed by atoms with van der Waals surface area (Å²) in [5.74, 6) is 2.09. The number of nitrogens with one attached hydrogen (secondary N) is 1. The summed E-state index contributed by atoms with van der Waals surface area (Å²) in [5.41, 5.74) is 9.68. The molecule has 3 atom stereocenters. The van der Waals surface area contributed by atoms with Crippen LogP contribution in [0.15, 0.2) is 42.6 Å². The molecule has 3 N–H and O–H groups in total. The van der Waals surface area contributed by atoms with Crippen LogP contribution in [0, 0.1) is 5.92 Å². The van der Waals surface area contributed by atoms with E-state index in [-0.39, 0.29) is 17.9 Å². The number of nitrogen functional groups attached to an aromatic ring is 1. The van der Waals surface area contributed by atoms with Crippen molar-refractivity contribution in [2.45, 2.75) is 38.2 Å². The van der Waals surface area contributed by atoms with Crippen molar-refractivity contribution in [1.29, 1.82) is 0 Å². The molecule has 0 bridgehead atoms. The van der Waals surface area contributed by atoms with Crippen LogP contribution in [0.3, 0.4) is 0 Å². The van der Waals surface area contributed by atoms with Crippen molar-refractivity contribution in [3.63, 3.8) is 0 Å². The van der Waals surface area contributed by atoms with Crippen molar-refractivity contribution in [3.8, 4) is 11.5 Å². The van der Waals surface area contributed by atoms with Crippen molar-refractivity contribution in [2.75, 3.05) is 31.4 Å².